The summed E-state index contributed by atoms with van der Waals surface area (Å²) in [5, 5.41) is 0. The van der Waals surface area contributed by atoms with Crippen LogP contribution in [0.4, 0.5) is 17.6 Å². The highest BCUT2D eigenvalue weighted by Crippen LogP contribution is 2.32. The molecule has 0 amide bonds. The summed E-state index contributed by atoms with van der Waals surface area (Å²) in [5.74, 6) is -0.321. The van der Waals surface area contributed by atoms with Crippen molar-refractivity contribution in [3.05, 3.63) is 53.8 Å². The topological polar surface area (TPSA) is 9.23 Å². The monoisotopic (exact) mass is 466 g/mol. The van der Waals surface area contributed by atoms with Crippen molar-refractivity contribution in [3.8, 4) is 16.9 Å². The molecule has 0 unspecified atom stereocenters. The molecule has 3 rings (SSSR count). The van der Waals surface area contributed by atoms with Crippen LogP contribution in [0.3, 0.4) is 0 Å². The third kappa shape index (κ3) is 7.95. The summed E-state index contributed by atoms with van der Waals surface area (Å²) >= 11 is 0. The van der Waals surface area contributed by atoms with Gasteiger partial charge in [-0.05, 0) is 47.6 Å². The van der Waals surface area contributed by atoms with E-state index in [4.69, 9.17) is 0 Å². The van der Waals surface area contributed by atoms with Crippen molar-refractivity contribution in [3.63, 3.8) is 0 Å². The molecule has 0 atom stereocenters. The predicted octanol–water partition coefficient (Wildman–Crippen LogP) is 8.19. The van der Waals surface area contributed by atoms with Gasteiger partial charge >= 0.3 is 6.18 Å². The van der Waals surface area contributed by atoms with Crippen LogP contribution in [0.1, 0.15) is 51.0 Å². The first-order chi connectivity index (χ1) is 15.3. The molecule has 2 aromatic carbocycles. The molecule has 0 spiro atoms. The molecule has 0 bridgehead atoms. The standard InChI is InChI=1S/C26H34F4OSi/c1-2-3-4-15-32-16-13-21(14-17-32)6-5-20-7-9-22(10-8-20)23-11-12-25(24(27)18-23)31-19-26(28,29)30/h7-12,18,21,32H,2-6,13-17,19H2,1H3/t21-,32-. The molecular weight excluding hydrogens is 432 g/mol. The summed E-state index contributed by atoms with van der Waals surface area (Å²) in [6.45, 7) is 0.775. The van der Waals surface area contributed by atoms with Gasteiger partial charge in [0.05, 0.1) is 0 Å². The first kappa shape index (κ1) is 24.8. The third-order valence-corrected chi connectivity index (χ3v) is 10.2. The van der Waals surface area contributed by atoms with Crippen LogP contribution in [0.2, 0.25) is 18.1 Å². The zero-order valence-corrected chi connectivity index (χ0v) is 20.0. The SMILES string of the molecule is CCCCC[Si@H]1CC[C@H](CCc2ccc(-c3ccc(OCC(F)(F)F)c(F)c3)cc2)CC1. The molecule has 1 aliphatic rings. The fourth-order valence-corrected chi connectivity index (χ4v) is 8.30. The lowest BCUT2D eigenvalue weighted by Gasteiger charge is -2.27. The Balaban J connectivity index is 1.47. The molecule has 1 saturated heterocycles. The summed E-state index contributed by atoms with van der Waals surface area (Å²) in [7, 11) is -0.453. The highest BCUT2D eigenvalue weighted by molar-refractivity contribution is 6.58. The summed E-state index contributed by atoms with van der Waals surface area (Å²) in [6.07, 6.45) is 4.77. The molecule has 32 heavy (non-hydrogen) atoms. The van der Waals surface area contributed by atoms with Crippen LogP contribution in [0, 0.1) is 11.7 Å². The molecule has 0 radical (unpaired) electrons. The van der Waals surface area contributed by atoms with E-state index in [0.29, 0.717) is 5.56 Å². The van der Waals surface area contributed by atoms with Gasteiger partial charge in [0.15, 0.2) is 18.2 Å². The van der Waals surface area contributed by atoms with Crippen molar-refractivity contribution < 1.29 is 22.3 Å². The number of hydrogen-bond acceptors (Lipinski definition) is 1. The quantitative estimate of drug-likeness (QED) is 0.195. The minimum Gasteiger partial charge on any atom is -0.481 e. The van der Waals surface area contributed by atoms with Gasteiger partial charge in [-0.2, -0.15) is 13.2 Å². The van der Waals surface area contributed by atoms with Gasteiger partial charge in [0.25, 0.3) is 0 Å². The fourth-order valence-electron chi connectivity index (χ4n) is 4.68. The van der Waals surface area contributed by atoms with Crippen molar-refractivity contribution in [2.75, 3.05) is 6.61 Å². The molecule has 0 aromatic heterocycles. The van der Waals surface area contributed by atoms with Gasteiger partial charge in [0.1, 0.15) is 0 Å². The molecule has 0 saturated carbocycles. The van der Waals surface area contributed by atoms with E-state index in [0.717, 1.165) is 17.9 Å². The minimum absolute atomic E-state index is 0.383. The molecule has 1 aliphatic heterocycles. The molecule has 1 fully saturated rings. The first-order valence-corrected chi connectivity index (χ1v) is 14.4. The molecule has 0 N–H and O–H groups in total. The third-order valence-electron chi connectivity index (χ3n) is 6.63. The van der Waals surface area contributed by atoms with Crippen molar-refractivity contribution in [1.82, 2.24) is 0 Å². The van der Waals surface area contributed by atoms with Crippen LogP contribution in [0.15, 0.2) is 42.5 Å². The number of hydrogen-bond donors (Lipinski definition) is 0. The van der Waals surface area contributed by atoms with Gasteiger partial charge in [-0.15, -0.1) is 0 Å². The van der Waals surface area contributed by atoms with Crippen molar-refractivity contribution in [2.24, 2.45) is 5.92 Å². The minimum atomic E-state index is -4.49. The predicted molar refractivity (Wildman–Crippen MR) is 126 cm³/mol. The van der Waals surface area contributed by atoms with E-state index >= 15 is 0 Å². The van der Waals surface area contributed by atoms with Crippen molar-refractivity contribution >= 4 is 8.80 Å². The van der Waals surface area contributed by atoms with Crippen LogP contribution in [0.5, 0.6) is 5.75 Å². The smallest absolute Gasteiger partial charge is 0.422 e. The van der Waals surface area contributed by atoms with Crippen LogP contribution in [0.25, 0.3) is 11.1 Å². The number of ether oxygens (including phenoxy) is 1. The summed E-state index contributed by atoms with van der Waals surface area (Å²) < 4.78 is 55.5. The zero-order chi connectivity index (χ0) is 23.0. The van der Waals surface area contributed by atoms with E-state index in [1.807, 2.05) is 12.1 Å². The lowest BCUT2D eigenvalue weighted by atomic mass is 9.93. The van der Waals surface area contributed by atoms with Gasteiger partial charge in [0.2, 0.25) is 0 Å². The Labute approximate surface area is 190 Å². The van der Waals surface area contributed by atoms with Gasteiger partial charge in [-0.25, -0.2) is 4.39 Å². The largest absolute Gasteiger partial charge is 0.481 e. The van der Waals surface area contributed by atoms with Crippen LogP contribution >= 0.6 is 0 Å². The normalized spacial score (nSPS) is 19.2. The maximum Gasteiger partial charge on any atom is 0.422 e. The van der Waals surface area contributed by atoms with E-state index in [1.165, 1.54) is 74.4 Å². The van der Waals surface area contributed by atoms with Crippen molar-refractivity contribution in [2.45, 2.75) is 76.2 Å². The number of benzene rings is 2. The average molecular weight is 467 g/mol. The molecular formula is C26H34F4OSi. The highest BCUT2D eigenvalue weighted by atomic mass is 28.3. The van der Waals surface area contributed by atoms with E-state index in [-0.39, 0.29) is 5.75 Å². The zero-order valence-electron chi connectivity index (χ0n) is 18.9. The summed E-state index contributed by atoms with van der Waals surface area (Å²) in [6, 6.07) is 16.7. The molecule has 2 aromatic rings. The Bertz CT molecular complexity index is 827. The number of halogens is 4. The molecule has 1 nitrogen and oxygen atoms in total. The second kappa shape index (κ2) is 11.9. The van der Waals surface area contributed by atoms with E-state index in [2.05, 4.69) is 23.8 Å². The number of alkyl halides is 3. The van der Waals surface area contributed by atoms with Gasteiger partial charge < -0.3 is 4.74 Å². The van der Waals surface area contributed by atoms with Crippen LogP contribution < -0.4 is 4.74 Å². The van der Waals surface area contributed by atoms with E-state index < -0.39 is 27.4 Å². The van der Waals surface area contributed by atoms with Crippen molar-refractivity contribution in [1.29, 1.82) is 0 Å². The molecule has 1 heterocycles. The summed E-state index contributed by atoms with van der Waals surface area (Å²) in [4.78, 5) is 0. The van der Waals surface area contributed by atoms with Gasteiger partial charge in [-0.1, -0.05) is 87.5 Å². The average Bonchev–Trinajstić information content (AvgIpc) is 2.77. The Morgan fingerprint density at radius 2 is 1.66 bits per heavy atom. The Kier molecular flexibility index (Phi) is 9.20. The second-order valence-electron chi connectivity index (χ2n) is 9.17. The Morgan fingerprint density at radius 3 is 2.28 bits per heavy atom. The van der Waals surface area contributed by atoms with Gasteiger partial charge in [0, 0.05) is 8.80 Å². The number of aryl methyl sites for hydroxylation is 1. The van der Waals surface area contributed by atoms with E-state index in [9.17, 15) is 17.6 Å². The van der Waals surface area contributed by atoms with Crippen LogP contribution in [-0.2, 0) is 6.42 Å². The highest BCUT2D eigenvalue weighted by Gasteiger charge is 2.29. The lowest BCUT2D eigenvalue weighted by molar-refractivity contribution is -0.153. The Morgan fingerprint density at radius 1 is 0.969 bits per heavy atom. The molecule has 0 aliphatic carbocycles. The second-order valence-corrected chi connectivity index (χ2v) is 12.6. The maximum absolute atomic E-state index is 14.1. The maximum atomic E-state index is 14.1. The van der Waals surface area contributed by atoms with E-state index in [1.54, 1.807) is 6.07 Å². The fraction of sp³-hybridized carbons (Fsp3) is 0.538. The number of rotatable bonds is 10. The number of unbranched alkanes of at least 4 members (excludes halogenated alkanes) is 2. The molecule has 176 valence electrons. The molecule has 6 heteroatoms. The van der Waals surface area contributed by atoms with Gasteiger partial charge in [-0.3, -0.25) is 0 Å². The summed E-state index contributed by atoms with van der Waals surface area (Å²) in [5.41, 5.74) is 2.75. The van der Waals surface area contributed by atoms with Crippen LogP contribution in [-0.4, -0.2) is 21.6 Å². The first-order valence-electron chi connectivity index (χ1n) is 11.9. The Hall–Kier alpha value is -1.82. The lowest BCUT2D eigenvalue weighted by Crippen LogP contribution is -2.21.